The molecule has 2 aliphatic rings. The highest BCUT2D eigenvalue weighted by Crippen LogP contribution is 2.49. The predicted molar refractivity (Wildman–Crippen MR) is 172 cm³/mol. The molecule has 6 rings (SSSR count). The van der Waals surface area contributed by atoms with E-state index in [4.69, 9.17) is 19.3 Å². The number of hydrogen-bond acceptors (Lipinski definition) is 7. The number of carbonyl (C=O) groups is 2. The van der Waals surface area contributed by atoms with Gasteiger partial charge in [0.25, 0.3) is 0 Å². The summed E-state index contributed by atoms with van der Waals surface area (Å²) in [5.41, 5.74) is 5.31. The van der Waals surface area contributed by atoms with E-state index in [-0.39, 0.29) is 35.5 Å². The summed E-state index contributed by atoms with van der Waals surface area (Å²) in [7, 11) is 3.22. The summed E-state index contributed by atoms with van der Waals surface area (Å²) in [6.07, 6.45) is 1.90. The van der Waals surface area contributed by atoms with Gasteiger partial charge in [-0.05, 0) is 55.2 Å². The Bertz CT molecular complexity index is 1650. The number of nitrogens with zero attached hydrogens (tertiary/aromatic N) is 3. The van der Waals surface area contributed by atoms with Gasteiger partial charge in [0, 0.05) is 24.3 Å². The fourth-order valence-electron chi connectivity index (χ4n) is 5.78. The van der Waals surface area contributed by atoms with Crippen LogP contribution in [0.2, 0.25) is 0 Å². The molecule has 44 heavy (non-hydrogen) atoms. The topological polar surface area (TPSA) is 94.9 Å². The van der Waals surface area contributed by atoms with Gasteiger partial charge in [-0.25, -0.2) is 4.68 Å². The Morgan fingerprint density at radius 2 is 1.86 bits per heavy atom. The molecule has 1 aromatic heterocycles. The van der Waals surface area contributed by atoms with E-state index >= 15 is 0 Å². The molecule has 1 saturated heterocycles. The van der Waals surface area contributed by atoms with Gasteiger partial charge in [-0.15, -0.1) is 11.8 Å². The van der Waals surface area contributed by atoms with Crippen molar-refractivity contribution in [2.75, 3.05) is 44.6 Å². The molecule has 0 unspecified atom stereocenters. The van der Waals surface area contributed by atoms with Crippen LogP contribution in [0.5, 0.6) is 11.5 Å². The van der Waals surface area contributed by atoms with Crippen LogP contribution in [0.25, 0.3) is 16.9 Å². The SMILES string of the molecule is COc1ccc([C@H]2SCC(=O)N(CC(=O)NC[C@H]3CCCO3)c3c2c(-c2ccccc2)nn3-c2cccc(C)c2)cc1OC. The Morgan fingerprint density at radius 3 is 2.59 bits per heavy atom. The molecular formula is C34H36N4O5S. The number of benzene rings is 3. The highest BCUT2D eigenvalue weighted by molar-refractivity contribution is 8.00. The van der Waals surface area contributed by atoms with Crippen molar-refractivity contribution in [3.8, 4) is 28.4 Å². The van der Waals surface area contributed by atoms with E-state index in [2.05, 4.69) is 5.32 Å². The molecule has 0 radical (unpaired) electrons. The Balaban J connectivity index is 1.53. The van der Waals surface area contributed by atoms with Crippen molar-refractivity contribution in [2.45, 2.75) is 31.1 Å². The number of anilines is 1. The van der Waals surface area contributed by atoms with Gasteiger partial charge in [0.1, 0.15) is 12.4 Å². The van der Waals surface area contributed by atoms with Crippen LogP contribution in [0.4, 0.5) is 5.82 Å². The highest BCUT2D eigenvalue weighted by atomic mass is 32.2. The Labute approximate surface area is 261 Å². The molecule has 2 amide bonds. The van der Waals surface area contributed by atoms with Crippen LogP contribution in [0, 0.1) is 6.92 Å². The van der Waals surface area contributed by atoms with Crippen LogP contribution in [0.1, 0.15) is 34.8 Å². The molecule has 9 nitrogen and oxygen atoms in total. The zero-order chi connectivity index (χ0) is 30.6. The summed E-state index contributed by atoms with van der Waals surface area (Å²) in [5.74, 6) is 1.56. The van der Waals surface area contributed by atoms with E-state index in [1.165, 1.54) is 11.8 Å². The van der Waals surface area contributed by atoms with Gasteiger partial charge in [0.2, 0.25) is 11.8 Å². The number of amides is 2. The molecule has 2 aliphatic heterocycles. The predicted octanol–water partition coefficient (Wildman–Crippen LogP) is 5.33. The van der Waals surface area contributed by atoms with Gasteiger partial charge in [0.15, 0.2) is 11.5 Å². The monoisotopic (exact) mass is 612 g/mol. The minimum absolute atomic E-state index is 0.00170. The Hall–Kier alpha value is -4.28. The first-order valence-electron chi connectivity index (χ1n) is 14.7. The third-order valence-electron chi connectivity index (χ3n) is 7.95. The normalized spacial score (nSPS) is 18.1. The standard InChI is InChI=1S/C34H36N4O5S/c1-22-9-7-12-25(17-22)38-34-31(32(36-38)23-10-5-4-6-11-23)33(24-14-15-27(41-2)28(18-24)42-3)44-21-30(40)37(34)20-29(39)35-19-26-13-8-16-43-26/h4-7,9-12,14-15,17-18,26,33H,8,13,16,19-21H2,1-3H3,(H,35,39)/t26-,33-/m1/s1. The van der Waals surface area contributed by atoms with Crippen LogP contribution in [0.15, 0.2) is 72.8 Å². The minimum atomic E-state index is -0.289. The van der Waals surface area contributed by atoms with E-state index in [9.17, 15) is 9.59 Å². The molecular weight excluding hydrogens is 576 g/mol. The molecule has 0 spiro atoms. The highest BCUT2D eigenvalue weighted by Gasteiger charge is 2.38. The van der Waals surface area contributed by atoms with Crippen molar-refractivity contribution >= 4 is 29.4 Å². The molecule has 0 aliphatic carbocycles. The lowest BCUT2D eigenvalue weighted by atomic mass is 9.99. The van der Waals surface area contributed by atoms with E-state index < -0.39 is 0 Å². The second kappa shape index (κ2) is 13.2. The zero-order valence-electron chi connectivity index (χ0n) is 25.1. The molecule has 3 aromatic carbocycles. The van der Waals surface area contributed by atoms with Crippen molar-refractivity contribution < 1.29 is 23.8 Å². The maximum absolute atomic E-state index is 14.0. The third kappa shape index (κ3) is 6.05. The molecule has 0 saturated carbocycles. The third-order valence-corrected chi connectivity index (χ3v) is 9.20. The molecule has 0 bridgehead atoms. The molecule has 1 N–H and O–H groups in total. The smallest absolute Gasteiger partial charge is 0.240 e. The maximum Gasteiger partial charge on any atom is 0.240 e. The van der Waals surface area contributed by atoms with E-state index in [0.29, 0.717) is 30.5 Å². The molecule has 10 heteroatoms. The van der Waals surface area contributed by atoms with Crippen LogP contribution in [-0.2, 0) is 14.3 Å². The van der Waals surface area contributed by atoms with Crippen LogP contribution < -0.4 is 19.7 Å². The summed E-state index contributed by atoms with van der Waals surface area (Å²) in [4.78, 5) is 29.0. The van der Waals surface area contributed by atoms with Gasteiger partial charge in [-0.2, -0.15) is 5.10 Å². The largest absolute Gasteiger partial charge is 0.493 e. The number of thioether (sulfide) groups is 1. The van der Waals surface area contributed by atoms with Crippen LogP contribution in [-0.4, -0.2) is 67.4 Å². The van der Waals surface area contributed by atoms with Crippen LogP contribution >= 0.6 is 11.8 Å². The summed E-state index contributed by atoms with van der Waals surface area (Å²) in [5, 5.41) is 7.88. The van der Waals surface area contributed by atoms with E-state index in [1.54, 1.807) is 19.1 Å². The quantitative estimate of drug-likeness (QED) is 0.273. The first kappa shape index (κ1) is 29.8. The number of nitrogens with one attached hydrogen (secondary N) is 1. The average Bonchev–Trinajstić information content (AvgIpc) is 3.69. The van der Waals surface area contributed by atoms with E-state index in [0.717, 1.165) is 46.5 Å². The number of rotatable bonds is 9. The first-order chi connectivity index (χ1) is 21.5. The fourth-order valence-corrected chi connectivity index (χ4v) is 6.97. The fraction of sp³-hybridized carbons (Fsp3) is 0.324. The average molecular weight is 613 g/mol. The molecule has 2 atom stereocenters. The van der Waals surface area contributed by atoms with Crippen LogP contribution in [0.3, 0.4) is 0 Å². The number of hydrogen-bond donors (Lipinski definition) is 1. The van der Waals surface area contributed by atoms with Gasteiger partial charge in [0.05, 0.1) is 42.7 Å². The molecule has 4 aromatic rings. The zero-order valence-corrected chi connectivity index (χ0v) is 25.9. The lowest BCUT2D eigenvalue weighted by molar-refractivity contribution is -0.123. The molecule has 228 valence electrons. The van der Waals surface area contributed by atoms with Crippen molar-refractivity contribution in [3.63, 3.8) is 0 Å². The number of aromatic nitrogens is 2. The van der Waals surface area contributed by atoms with Crippen molar-refractivity contribution in [1.29, 1.82) is 0 Å². The van der Waals surface area contributed by atoms with Gasteiger partial charge < -0.3 is 19.5 Å². The van der Waals surface area contributed by atoms with E-state index in [1.807, 2.05) is 84.4 Å². The number of aryl methyl sites for hydroxylation is 1. The maximum atomic E-state index is 14.0. The van der Waals surface area contributed by atoms with Gasteiger partial charge in [-0.3, -0.25) is 14.5 Å². The van der Waals surface area contributed by atoms with Crippen molar-refractivity contribution in [1.82, 2.24) is 15.1 Å². The van der Waals surface area contributed by atoms with Crippen molar-refractivity contribution in [3.05, 3.63) is 89.5 Å². The number of fused-ring (bicyclic) bond motifs is 1. The first-order valence-corrected chi connectivity index (χ1v) is 15.8. The Morgan fingerprint density at radius 1 is 1.05 bits per heavy atom. The van der Waals surface area contributed by atoms with Crippen molar-refractivity contribution in [2.24, 2.45) is 0 Å². The lowest BCUT2D eigenvalue weighted by Gasteiger charge is -2.24. The number of methoxy groups -OCH3 is 2. The lowest BCUT2D eigenvalue weighted by Crippen LogP contribution is -2.44. The summed E-state index contributed by atoms with van der Waals surface area (Å²) < 4.78 is 18.7. The molecule has 3 heterocycles. The molecule has 1 fully saturated rings. The number of carbonyl (C=O) groups excluding carboxylic acids is 2. The number of ether oxygens (including phenoxy) is 3. The van der Waals surface area contributed by atoms with Gasteiger partial charge in [-0.1, -0.05) is 48.5 Å². The minimum Gasteiger partial charge on any atom is -0.493 e. The summed E-state index contributed by atoms with van der Waals surface area (Å²) >= 11 is 1.51. The second-order valence-electron chi connectivity index (χ2n) is 10.9. The summed E-state index contributed by atoms with van der Waals surface area (Å²) in [6.45, 7) is 3.02. The Kier molecular flexibility index (Phi) is 8.90. The second-order valence-corrected chi connectivity index (χ2v) is 12.0. The van der Waals surface area contributed by atoms with Gasteiger partial charge >= 0.3 is 0 Å². The summed E-state index contributed by atoms with van der Waals surface area (Å²) in [6, 6.07) is 23.8.